The van der Waals surface area contributed by atoms with Crippen molar-refractivity contribution in [1.82, 2.24) is 15.1 Å². The van der Waals surface area contributed by atoms with Gasteiger partial charge in [-0.3, -0.25) is 4.79 Å². The van der Waals surface area contributed by atoms with Crippen LogP contribution in [0.4, 0.5) is 8.78 Å². The molecule has 1 aromatic heterocycles. The number of benzene rings is 2. The lowest BCUT2D eigenvalue weighted by Crippen LogP contribution is -2.34. The van der Waals surface area contributed by atoms with E-state index >= 15 is 0 Å². The molecular weight excluding hydrogens is 360 g/mol. The second-order valence-corrected chi connectivity index (χ2v) is 7.16. The smallest absolute Gasteiger partial charge is 0.255 e. The molecule has 0 aliphatic rings. The highest BCUT2D eigenvalue weighted by Crippen LogP contribution is 2.23. The summed E-state index contributed by atoms with van der Waals surface area (Å²) >= 11 is 0. The third kappa shape index (κ3) is 4.27. The lowest BCUT2D eigenvalue weighted by molar-refractivity contribution is 0.0938. The molecule has 0 bridgehead atoms. The second kappa shape index (κ2) is 8.33. The van der Waals surface area contributed by atoms with E-state index in [9.17, 15) is 13.6 Å². The standard InChI is InChI=1S/C22H23F2N3O/c1-14(2)21-19(13-25-27(21)18-10-8-17(23)9-11-18)22(28)26-15(3)12-16-6-4-5-7-20(16)24/h4-11,13-15H,12H2,1-3H3,(H,26,28). The van der Waals surface area contributed by atoms with E-state index in [1.165, 1.54) is 24.4 Å². The van der Waals surface area contributed by atoms with Crippen LogP contribution in [-0.2, 0) is 6.42 Å². The van der Waals surface area contributed by atoms with Crippen molar-refractivity contribution in [3.8, 4) is 5.69 Å². The third-order valence-corrected chi connectivity index (χ3v) is 4.53. The van der Waals surface area contributed by atoms with Gasteiger partial charge in [-0.15, -0.1) is 0 Å². The Bertz CT molecular complexity index is 964. The molecule has 6 heteroatoms. The van der Waals surface area contributed by atoms with Crippen molar-refractivity contribution in [2.24, 2.45) is 0 Å². The van der Waals surface area contributed by atoms with Crippen molar-refractivity contribution >= 4 is 5.91 Å². The number of rotatable bonds is 6. The Hall–Kier alpha value is -3.02. The van der Waals surface area contributed by atoms with Crippen LogP contribution >= 0.6 is 0 Å². The number of nitrogens with one attached hydrogen (secondary N) is 1. The Labute approximate surface area is 163 Å². The molecular formula is C22H23F2N3O. The molecule has 0 spiro atoms. The van der Waals surface area contributed by atoms with Crippen LogP contribution < -0.4 is 5.32 Å². The molecule has 2 aromatic carbocycles. The van der Waals surface area contributed by atoms with Crippen LogP contribution in [-0.4, -0.2) is 21.7 Å². The van der Waals surface area contributed by atoms with Gasteiger partial charge in [-0.2, -0.15) is 5.10 Å². The van der Waals surface area contributed by atoms with Gasteiger partial charge in [0.2, 0.25) is 0 Å². The largest absolute Gasteiger partial charge is 0.349 e. The fourth-order valence-electron chi connectivity index (χ4n) is 3.22. The minimum atomic E-state index is -0.332. The number of carbonyl (C=O) groups excluding carboxylic acids is 1. The first-order chi connectivity index (χ1) is 13.4. The molecule has 0 fully saturated rings. The average molecular weight is 383 g/mol. The van der Waals surface area contributed by atoms with Crippen LogP contribution in [0.5, 0.6) is 0 Å². The van der Waals surface area contributed by atoms with Gasteiger partial charge >= 0.3 is 0 Å². The van der Waals surface area contributed by atoms with Crippen LogP contribution in [0.3, 0.4) is 0 Å². The molecule has 3 rings (SSSR count). The summed E-state index contributed by atoms with van der Waals surface area (Å²) in [5.74, 6) is -0.853. The Morgan fingerprint density at radius 3 is 2.39 bits per heavy atom. The number of hydrogen-bond acceptors (Lipinski definition) is 2. The van der Waals surface area contributed by atoms with Gasteiger partial charge < -0.3 is 5.32 Å². The topological polar surface area (TPSA) is 46.9 Å². The molecule has 1 N–H and O–H groups in total. The van der Waals surface area contributed by atoms with Crippen molar-refractivity contribution < 1.29 is 13.6 Å². The number of amides is 1. The van der Waals surface area contributed by atoms with Crippen molar-refractivity contribution in [1.29, 1.82) is 0 Å². The van der Waals surface area contributed by atoms with Crippen molar-refractivity contribution in [3.05, 3.63) is 83.2 Å². The van der Waals surface area contributed by atoms with E-state index in [4.69, 9.17) is 0 Å². The summed E-state index contributed by atoms with van der Waals surface area (Å²) in [4.78, 5) is 12.8. The van der Waals surface area contributed by atoms with E-state index in [2.05, 4.69) is 10.4 Å². The van der Waals surface area contributed by atoms with Crippen LogP contribution in [0.25, 0.3) is 5.69 Å². The highest BCUT2D eigenvalue weighted by molar-refractivity contribution is 5.95. The molecule has 146 valence electrons. The highest BCUT2D eigenvalue weighted by atomic mass is 19.1. The summed E-state index contributed by atoms with van der Waals surface area (Å²) in [7, 11) is 0. The van der Waals surface area contributed by atoms with Crippen molar-refractivity contribution in [2.75, 3.05) is 0 Å². The van der Waals surface area contributed by atoms with Gasteiger partial charge in [-0.05, 0) is 55.2 Å². The average Bonchev–Trinajstić information content (AvgIpc) is 3.10. The van der Waals surface area contributed by atoms with E-state index in [0.29, 0.717) is 23.2 Å². The first kappa shape index (κ1) is 19.7. The molecule has 1 amide bonds. The third-order valence-electron chi connectivity index (χ3n) is 4.53. The minimum Gasteiger partial charge on any atom is -0.349 e. The molecule has 1 unspecified atom stereocenters. The lowest BCUT2D eigenvalue weighted by atomic mass is 10.0. The van der Waals surface area contributed by atoms with Crippen LogP contribution in [0, 0.1) is 11.6 Å². The maximum atomic E-state index is 13.8. The zero-order valence-corrected chi connectivity index (χ0v) is 16.1. The quantitative estimate of drug-likeness (QED) is 0.674. The van der Waals surface area contributed by atoms with Gasteiger partial charge in [-0.1, -0.05) is 32.0 Å². The van der Waals surface area contributed by atoms with Gasteiger partial charge in [0.1, 0.15) is 11.6 Å². The summed E-state index contributed by atoms with van der Waals surface area (Å²) in [5, 5.41) is 7.26. The van der Waals surface area contributed by atoms with Gasteiger partial charge in [-0.25, -0.2) is 13.5 Å². The highest BCUT2D eigenvalue weighted by Gasteiger charge is 2.22. The fourth-order valence-corrected chi connectivity index (χ4v) is 3.22. The number of aromatic nitrogens is 2. The predicted octanol–water partition coefficient (Wildman–Crippen LogP) is 4.63. The fraction of sp³-hybridized carbons (Fsp3) is 0.273. The van der Waals surface area contributed by atoms with Crippen LogP contribution in [0.15, 0.2) is 54.7 Å². The van der Waals surface area contributed by atoms with E-state index in [-0.39, 0.29) is 29.5 Å². The number of carbonyl (C=O) groups is 1. The summed E-state index contributed by atoms with van der Waals surface area (Å²) in [6.45, 7) is 5.77. The minimum absolute atomic E-state index is 0.0233. The molecule has 0 radical (unpaired) electrons. The first-order valence-corrected chi connectivity index (χ1v) is 9.25. The Kier molecular flexibility index (Phi) is 5.87. The van der Waals surface area contributed by atoms with Crippen LogP contribution in [0.2, 0.25) is 0 Å². The lowest BCUT2D eigenvalue weighted by Gasteiger charge is -2.16. The van der Waals surface area contributed by atoms with E-state index < -0.39 is 0 Å². The second-order valence-electron chi connectivity index (χ2n) is 7.16. The molecule has 0 saturated carbocycles. The normalized spacial score (nSPS) is 12.2. The maximum absolute atomic E-state index is 13.8. The van der Waals surface area contributed by atoms with Gasteiger partial charge in [0.25, 0.3) is 5.91 Å². The molecule has 4 nitrogen and oxygen atoms in total. The van der Waals surface area contributed by atoms with E-state index in [1.54, 1.807) is 35.0 Å². The monoisotopic (exact) mass is 383 g/mol. The van der Waals surface area contributed by atoms with Crippen LogP contribution in [0.1, 0.15) is 48.3 Å². The predicted molar refractivity (Wildman–Crippen MR) is 105 cm³/mol. The van der Waals surface area contributed by atoms with Crippen molar-refractivity contribution in [2.45, 2.75) is 39.2 Å². The maximum Gasteiger partial charge on any atom is 0.255 e. The number of halogens is 2. The molecule has 28 heavy (non-hydrogen) atoms. The van der Waals surface area contributed by atoms with Gasteiger partial charge in [0.15, 0.2) is 0 Å². The van der Waals surface area contributed by atoms with E-state index in [1.807, 2.05) is 20.8 Å². The molecule has 0 aliphatic heterocycles. The van der Waals surface area contributed by atoms with Crippen molar-refractivity contribution in [3.63, 3.8) is 0 Å². The number of hydrogen-bond donors (Lipinski definition) is 1. The van der Waals surface area contributed by atoms with E-state index in [0.717, 1.165) is 5.69 Å². The molecule has 1 atom stereocenters. The number of nitrogens with zero attached hydrogens (tertiary/aromatic N) is 2. The summed E-state index contributed by atoms with van der Waals surface area (Å²) in [6.07, 6.45) is 1.91. The first-order valence-electron chi connectivity index (χ1n) is 9.25. The zero-order valence-electron chi connectivity index (χ0n) is 16.1. The molecule has 3 aromatic rings. The molecule has 0 saturated heterocycles. The summed E-state index contributed by atoms with van der Waals surface area (Å²) < 4.78 is 28.7. The van der Waals surface area contributed by atoms with Gasteiger partial charge in [0.05, 0.1) is 23.1 Å². The summed E-state index contributed by atoms with van der Waals surface area (Å²) in [6, 6.07) is 12.2. The van der Waals surface area contributed by atoms with Gasteiger partial charge in [0, 0.05) is 6.04 Å². The Morgan fingerprint density at radius 2 is 1.75 bits per heavy atom. The SMILES string of the molecule is CC(Cc1ccccc1F)NC(=O)c1cnn(-c2ccc(F)cc2)c1C(C)C. The Morgan fingerprint density at radius 1 is 1.07 bits per heavy atom. The Balaban J connectivity index is 1.81. The zero-order chi connectivity index (χ0) is 20.3. The molecule has 1 heterocycles. The summed E-state index contributed by atoms with van der Waals surface area (Å²) in [5.41, 5.74) is 2.44. The molecule has 0 aliphatic carbocycles.